The summed E-state index contributed by atoms with van der Waals surface area (Å²) in [6, 6.07) is 53.5. The van der Waals surface area contributed by atoms with Crippen molar-refractivity contribution in [3.05, 3.63) is 157 Å². The van der Waals surface area contributed by atoms with Gasteiger partial charge in [0.2, 0.25) is 0 Å². The van der Waals surface area contributed by atoms with Crippen molar-refractivity contribution in [3.8, 4) is 56.6 Å². The molecule has 0 unspecified atom stereocenters. The van der Waals surface area contributed by atoms with E-state index in [0.717, 1.165) is 66.9 Å². The molecule has 1 aliphatic rings. The molecule has 0 N–H and O–H groups in total. The molecule has 4 heterocycles. The number of para-hydroxylation sites is 3. The van der Waals surface area contributed by atoms with Crippen molar-refractivity contribution < 1.29 is 25.8 Å². The summed E-state index contributed by atoms with van der Waals surface area (Å²) in [7, 11) is 0. The molecule has 6 aromatic carbocycles. The van der Waals surface area contributed by atoms with Crippen molar-refractivity contribution >= 4 is 32.8 Å². The summed E-state index contributed by atoms with van der Waals surface area (Å²) in [4.78, 5) is 10.0. The van der Waals surface area contributed by atoms with E-state index in [9.17, 15) is 0 Å². The third-order valence-electron chi connectivity index (χ3n) is 9.96. The van der Waals surface area contributed by atoms with E-state index in [1.807, 2.05) is 24.4 Å². The van der Waals surface area contributed by atoms with Crippen molar-refractivity contribution in [1.29, 1.82) is 0 Å². The van der Waals surface area contributed by atoms with Gasteiger partial charge in [0.1, 0.15) is 5.82 Å². The van der Waals surface area contributed by atoms with Crippen LogP contribution in [0.25, 0.3) is 78.0 Å². The summed E-state index contributed by atoms with van der Waals surface area (Å²) in [5, 5.41) is 2.23. The fourth-order valence-corrected chi connectivity index (χ4v) is 7.54. The monoisotopic (exact) mass is 851 g/mol. The molecule has 252 valence electrons. The topological polar surface area (TPSA) is 44.9 Å². The number of aromatic nitrogens is 4. The summed E-state index contributed by atoms with van der Waals surface area (Å²) in [5.74, 6) is 2.85. The quantitative estimate of drug-likeness (QED) is 0.166. The van der Waals surface area contributed by atoms with Gasteiger partial charge in [0.15, 0.2) is 0 Å². The van der Waals surface area contributed by atoms with E-state index in [-0.39, 0.29) is 26.5 Å². The number of pyridine rings is 1. The van der Waals surface area contributed by atoms with E-state index in [4.69, 9.17) is 14.7 Å². The zero-order chi connectivity index (χ0) is 34.3. The van der Waals surface area contributed by atoms with Crippen molar-refractivity contribution in [2.75, 3.05) is 0 Å². The minimum Gasteiger partial charge on any atom is -0.503 e. The SMILES string of the molecule is CC(C)(C)c1ccnc(-n2c3[c-]c(Oc4[c-]c(-c5nc6cccc7c6n5-c5ccccc5-c5ccccc5-7)ccc4)ccc3c3ccccc32)c1.[Pt+2]. The molecule has 0 amide bonds. The Hall–Kier alpha value is -5.77. The summed E-state index contributed by atoms with van der Waals surface area (Å²) in [6.07, 6.45) is 1.89. The van der Waals surface area contributed by atoms with Crippen molar-refractivity contribution in [2.45, 2.75) is 26.2 Å². The summed E-state index contributed by atoms with van der Waals surface area (Å²) in [6.45, 7) is 6.67. The predicted molar refractivity (Wildman–Crippen MR) is 206 cm³/mol. The first kappa shape index (κ1) is 32.2. The average molecular weight is 852 g/mol. The predicted octanol–water partition coefficient (Wildman–Crippen LogP) is 11.5. The van der Waals surface area contributed by atoms with Gasteiger partial charge in [-0.3, -0.25) is 4.98 Å². The Balaban J connectivity index is 0.00000360. The molecular formula is C46H32N4OPt. The summed E-state index contributed by atoms with van der Waals surface area (Å²) in [5.41, 5.74) is 11.9. The van der Waals surface area contributed by atoms with Gasteiger partial charge < -0.3 is 13.9 Å². The van der Waals surface area contributed by atoms with E-state index in [1.54, 1.807) is 0 Å². The van der Waals surface area contributed by atoms with Crippen molar-refractivity contribution in [2.24, 2.45) is 0 Å². The maximum atomic E-state index is 6.56. The molecule has 0 spiro atoms. The molecule has 3 aromatic heterocycles. The third kappa shape index (κ3) is 5.03. The van der Waals surface area contributed by atoms with Crippen molar-refractivity contribution in [3.63, 3.8) is 0 Å². The minimum atomic E-state index is -0.0127. The zero-order valence-electron chi connectivity index (χ0n) is 28.8. The molecule has 0 aliphatic carbocycles. The summed E-state index contributed by atoms with van der Waals surface area (Å²) >= 11 is 0. The van der Waals surface area contributed by atoms with E-state index in [0.29, 0.717) is 11.5 Å². The number of hydrogen-bond acceptors (Lipinski definition) is 3. The van der Waals surface area contributed by atoms with Crippen LogP contribution in [0, 0.1) is 12.1 Å². The normalized spacial score (nSPS) is 12.0. The smallest absolute Gasteiger partial charge is 0.503 e. The van der Waals surface area contributed by atoms with Crippen LogP contribution < -0.4 is 4.74 Å². The minimum absolute atomic E-state index is 0. The fourth-order valence-electron chi connectivity index (χ4n) is 7.54. The van der Waals surface area contributed by atoms with Crippen LogP contribution in [-0.2, 0) is 26.5 Å². The Morgan fingerprint density at radius 3 is 2.17 bits per heavy atom. The molecule has 10 rings (SSSR count). The molecule has 0 fully saturated rings. The number of fused-ring (bicyclic) bond motifs is 8. The van der Waals surface area contributed by atoms with Crippen LogP contribution in [0.4, 0.5) is 0 Å². The van der Waals surface area contributed by atoms with E-state index in [2.05, 4.69) is 157 Å². The molecule has 0 saturated heterocycles. The maximum Gasteiger partial charge on any atom is 2.00 e. The number of rotatable bonds is 4. The Morgan fingerprint density at radius 1 is 0.615 bits per heavy atom. The number of imidazole rings is 1. The molecule has 52 heavy (non-hydrogen) atoms. The van der Waals surface area contributed by atoms with Gasteiger partial charge in [-0.2, -0.15) is 6.07 Å². The van der Waals surface area contributed by atoms with Gasteiger partial charge in [0, 0.05) is 40.0 Å². The van der Waals surface area contributed by atoms with Gasteiger partial charge in [-0.15, -0.1) is 41.3 Å². The largest absolute Gasteiger partial charge is 2.00 e. The first-order chi connectivity index (χ1) is 24.9. The van der Waals surface area contributed by atoms with E-state index < -0.39 is 0 Å². The van der Waals surface area contributed by atoms with Crippen molar-refractivity contribution in [1.82, 2.24) is 19.1 Å². The molecule has 0 saturated carbocycles. The van der Waals surface area contributed by atoms with Crippen LogP contribution in [0.2, 0.25) is 0 Å². The Labute approximate surface area is 316 Å². The molecule has 0 atom stereocenters. The van der Waals surface area contributed by atoms with Gasteiger partial charge in [0.25, 0.3) is 0 Å². The third-order valence-corrected chi connectivity index (χ3v) is 9.96. The second kappa shape index (κ2) is 12.2. The zero-order valence-corrected chi connectivity index (χ0v) is 31.1. The first-order valence-electron chi connectivity index (χ1n) is 17.3. The number of hydrogen-bond donors (Lipinski definition) is 0. The number of benzene rings is 6. The van der Waals surface area contributed by atoms with E-state index in [1.165, 1.54) is 16.7 Å². The standard InChI is InChI=1S/C46H32N4O.Pt/c1-46(2,3)30-24-25-47-43(27-30)49-40-20-8-7-17-36(40)37-23-22-32(28-42(37)49)51-31-13-10-12-29(26-31)45-48-39-19-11-18-38-34-15-5-4-14-33(34)35-16-6-9-21-41(35)50(45)44(38)39;/h4-25,27H,1-3H3;/q-2;+2. The molecule has 0 bridgehead atoms. The van der Waals surface area contributed by atoms with Crippen LogP contribution >= 0.6 is 0 Å². The van der Waals surface area contributed by atoms with Gasteiger partial charge in [0.05, 0.1) is 16.9 Å². The Morgan fingerprint density at radius 2 is 1.33 bits per heavy atom. The number of ether oxygens (including phenoxy) is 1. The van der Waals surface area contributed by atoms with Gasteiger partial charge >= 0.3 is 21.1 Å². The van der Waals surface area contributed by atoms with Crippen LogP contribution in [0.5, 0.6) is 11.5 Å². The second-order valence-electron chi connectivity index (χ2n) is 14.1. The van der Waals surface area contributed by atoms with Gasteiger partial charge in [-0.1, -0.05) is 105 Å². The second-order valence-corrected chi connectivity index (χ2v) is 14.1. The van der Waals surface area contributed by atoms with Gasteiger partial charge in [-0.05, 0) is 57.8 Å². The maximum absolute atomic E-state index is 6.56. The van der Waals surface area contributed by atoms with E-state index >= 15 is 0 Å². The van der Waals surface area contributed by atoms with Crippen LogP contribution in [0.1, 0.15) is 26.3 Å². The molecular weight excluding hydrogens is 820 g/mol. The Bertz CT molecular complexity index is 2840. The molecule has 5 nitrogen and oxygen atoms in total. The Kier molecular flexibility index (Phi) is 7.53. The average Bonchev–Trinajstić information content (AvgIpc) is 3.67. The first-order valence-corrected chi connectivity index (χ1v) is 17.3. The molecule has 0 radical (unpaired) electrons. The van der Waals surface area contributed by atoms with Gasteiger partial charge in [-0.25, -0.2) is 4.98 Å². The summed E-state index contributed by atoms with van der Waals surface area (Å²) < 4.78 is 11.0. The van der Waals surface area contributed by atoms with Crippen LogP contribution in [0.3, 0.4) is 0 Å². The van der Waals surface area contributed by atoms with Crippen LogP contribution in [0.15, 0.2) is 140 Å². The fraction of sp³-hybridized carbons (Fsp3) is 0.0870. The molecule has 9 aromatic rings. The molecule has 1 aliphatic heterocycles. The molecule has 6 heteroatoms. The van der Waals surface area contributed by atoms with Crippen LogP contribution in [-0.4, -0.2) is 19.1 Å². The number of nitrogens with zero attached hydrogens (tertiary/aromatic N) is 4.